The molecule has 1 heterocycles. The molecular weight excluding hydrogens is 192 g/mol. The lowest BCUT2D eigenvalue weighted by Gasteiger charge is -2.06. The van der Waals surface area contributed by atoms with Gasteiger partial charge in [-0.05, 0) is 24.6 Å². The Kier molecular flexibility index (Phi) is 2.21. The molecule has 0 aliphatic heterocycles. The minimum atomic E-state index is -0.472. The van der Waals surface area contributed by atoms with Gasteiger partial charge in [-0.3, -0.25) is 4.79 Å². The summed E-state index contributed by atoms with van der Waals surface area (Å²) in [5, 5.41) is 7.52. The molecule has 0 radical (unpaired) electrons. The van der Waals surface area contributed by atoms with E-state index in [1.165, 1.54) is 4.68 Å². The topological polar surface area (TPSA) is 73.8 Å². The first-order valence-corrected chi connectivity index (χ1v) is 4.45. The normalized spacial score (nSPS) is 10.2. The maximum absolute atomic E-state index is 11.2. The van der Waals surface area contributed by atoms with Crippen LogP contribution in [0.1, 0.15) is 15.9 Å². The second-order valence-electron chi connectivity index (χ2n) is 3.23. The maximum Gasteiger partial charge on any atom is 0.250 e. The van der Waals surface area contributed by atoms with Crippen molar-refractivity contribution in [1.82, 2.24) is 15.0 Å². The molecule has 1 amide bonds. The number of benzene rings is 1. The number of primary amides is 1. The zero-order chi connectivity index (χ0) is 10.8. The molecule has 0 aliphatic carbocycles. The Bertz CT molecular complexity index is 490. The third-order valence-electron chi connectivity index (χ3n) is 2.09. The summed E-state index contributed by atoms with van der Waals surface area (Å²) in [6.07, 6.45) is 3.22. The minimum absolute atomic E-state index is 0.436. The van der Waals surface area contributed by atoms with Crippen molar-refractivity contribution in [1.29, 1.82) is 0 Å². The second-order valence-corrected chi connectivity index (χ2v) is 3.23. The zero-order valence-corrected chi connectivity index (χ0v) is 8.21. The predicted octanol–water partition coefficient (Wildman–Crippen LogP) is 0.675. The SMILES string of the molecule is Cc1ccc(C(N)=O)c(-n2ccnn2)c1. The molecule has 0 spiro atoms. The van der Waals surface area contributed by atoms with E-state index >= 15 is 0 Å². The third-order valence-corrected chi connectivity index (χ3v) is 2.09. The molecule has 15 heavy (non-hydrogen) atoms. The van der Waals surface area contributed by atoms with Crippen LogP contribution in [0.4, 0.5) is 0 Å². The van der Waals surface area contributed by atoms with Crippen molar-refractivity contribution < 1.29 is 4.79 Å². The summed E-state index contributed by atoms with van der Waals surface area (Å²) >= 11 is 0. The number of aromatic nitrogens is 3. The van der Waals surface area contributed by atoms with Crippen molar-refractivity contribution in [2.24, 2.45) is 5.73 Å². The highest BCUT2D eigenvalue weighted by molar-refractivity contribution is 5.96. The van der Waals surface area contributed by atoms with Gasteiger partial charge in [-0.2, -0.15) is 0 Å². The summed E-state index contributed by atoms with van der Waals surface area (Å²) in [4.78, 5) is 11.2. The van der Waals surface area contributed by atoms with Gasteiger partial charge in [-0.1, -0.05) is 11.3 Å². The van der Waals surface area contributed by atoms with Gasteiger partial charge in [0.1, 0.15) is 0 Å². The van der Waals surface area contributed by atoms with E-state index in [9.17, 15) is 4.79 Å². The monoisotopic (exact) mass is 202 g/mol. The molecule has 0 atom stereocenters. The van der Waals surface area contributed by atoms with Crippen LogP contribution >= 0.6 is 0 Å². The molecule has 0 saturated carbocycles. The first kappa shape index (κ1) is 9.39. The van der Waals surface area contributed by atoms with Crippen LogP contribution in [0.2, 0.25) is 0 Å². The van der Waals surface area contributed by atoms with Crippen molar-refractivity contribution in [3.05, 3.63) is 41.7 Å². The highest BCUT2D eigenvalue weighted by Crippen LogP contribution is 2.14. The number of carbonyl (C=O) groups excluding carboxylic acids is 1. The predicted molar refractivity (Wildman–Crippen MR) is 54.6 cm³/mol. The first-order chi connectivity index (χ1) is 7.18. The summed E-state index contributed by atoms with van der Waals surface area (Å²) in [5.41, 5.74) is 7.39. The van der Waals surface area contributed by atoms with Gasteiger partial charge < -0.3 is 5.73 Å². The van der Waals surface area contributed by atoms with Gasteiger partial charge in [0.2, 0.25) is 0 Å². The van der Waals surface area contributed by atoms with E-state index in [1.807, 2.05) is 19.1 Å². The highest BCUT2D eigenvalue weighted by atomic mass is 16.1. The summed E-state index contributed by atoms with van der Waals surface area (Å²) < 4.78 is 1.52. The summed E-state index contributed by atoms with van der Waals surface area (Å²) in [5.74, 6) is -0.472. The minimum Gasteiger partial charge on any atom is -0.366 e. The second kappa shape index (κ2) is 3.53. The quantitative estimate of drug-likeness (QED) is 0.778. The number of amides is 1. The first-order valence-electron chi connectivity index (χ1n) is 4.45. The molecule has 0 bridgehead atoms. The van der Waals surface area contributed by atoms with Gasteiger partial charge in [-0.15, -0.1) is 5.10 Å². The van der Waals surface area contributed by atoms with Crippen molar-refractivity contribution in [3.8, 4) is 5.69 Å². The fraction of sp³-hybridized carbons (Fsp3) is 0.100. The third kappa shape index (κ3) is 1.71. The van der Waals surface area contributed by atoms with Crippen LogP contribution < -0.4 is 5.73 Å². The Morgan fingerprint density at radius 1 is 1.47 bits per heavy atom. The Morgan fingerprint density at radius 2 is 2.27 bits per heavy atom. The fourth-order valence-electron chi connectivity index (χ4n) is 1.38. The Morgan fingerprint density at radius 3 is 2.87 bits per heavy atom. The number of aryl methyl sites for hydroxylation is 1. The Labute approximate surface area is 86.5 Å². The van der Waals surface area contributed by atoms with Crippen molar-refractivity contribution >= 4 is 5.91 Å². The van der Waals surface area contributed by atoms with Gasteiger partial charge in [0, 0.05) is 0 Å². The molecule has 76 valence electrons. The summed E-state index contributed by atoms with van der Waals surface area (Å²) in [6.45, 7) is 1.94. The van der Waals surface area contributed by atoms with E-state index in [-0.39, 0.29) is 0 Å². The molecule has 2 rings (SSSR count). The number of hydrogen-bond acceptors (Lipinski definition) is 3. The van der Waals surface area contributed by atoms with Crippen molar-refractivity contribution in [2.75, 3.05) is 0 Å². The van der Waals surface area contributed by atoms with E-state index < -0.39 is 5.91 Å². The lowest BCUT2D eigenvalue weighted by atomic mass is 10.1. The zero-order valence-electron chi connectivity index (χ0n) is 8.21. The van der Waals surface area contributed by atoms with Crippen molar-refractivity contribution in [2.45, 2.75) is 6.92 Å². The number of rotatable bonds is 2. The molecule has 2 N–H and O–H groups in total. The molecule has 1 aromatic heterocycles. The number of nitrogens with two attached hydrogens (primary N) is 1. The molecular formula is C10H10N4O. The molecule has 1 aromatic carbocycles. The Balaban J connectivity index is 2.63. The molecule has 0 fully saturated rings. The molecule has 0 saturated heterocycles. The molecule has 0 unspecified atom stereocenters. The van der Waals surface area contributed by atoms with Gasteiger partial charge in [0.05, 0.1) is 23.6 Å². The van der Waals surface area contributed by atoms with E-state index in [4.69, 9.17) is 5.73 Å². The van der Waals surface area contributed by atoms with E-state index in [0.717, 1.165) is 5.56 Å². The highest BCUT2D eigenvalue weighted by Gasteiger charge is 2.10. The fourth-order valence-corrected chi connectivity index (χ4v) is 1.38. The van der Waals surface area contributed by atoms with Crippen LogP contribution in [0.15, 0.2) is 30.6 Å². The van der Waals surface area contributed by atoms with Gasteiger partial charge in [0.25, 0.3) is 5.91 Å². The maximum atomic E-state index is 11.2. The van der Waals surface area contributed by atoms with Crippen LogP contribution in [-0.4, -0.2) is 20.9 Å². The summed E-state index contributed by atoms with van der Waals surface area (Å²) in [6, 6.07) is 5.37. The van der Waals surface area contributed by atoms with Crippen LogP contribution in [0.3, 0.4) is 0 Å². The van der Waals surface area contributed by atoms with E-state index in [2.05, 4.69) is 10.3 Å². The molecule has 0 aliphatic rings. The largest absolute Gasteiger partial charge is 0.366 e. The average Bonchev–Trinajstić information content (AvgIpc) is 2.69. The van der Waals surface area contributed by atoms with E-state index in [0.29, 0.717) is 11.3 Å². The standard InChI is InChI=1S/C10H10N4O/c1-7-2-3-8(10(11)15)9(6-7)14-5-4-12-13-14/h2-6H,1H3,(H2,11,15). The lowest BCUT2D eigenvalue weighted by Crippen LogP contribution is -2.15. The number of nitrogens with zero attached hydrogens (tertiary/aromatic N) is 3. The number of hydrogen-bond donors (Lipinski definition) is 1. The smallest absolute Gasteiger partial charge is 0.250 e. The van der Waals surface area contributed by atoms with Crippen LogP contribution in [-0.2, 0) is 0 Å². The van der Waals surface area contributed by atoms with Gasteiger partial charge >= 0.3 is 0 Å². The van der Waals surface area contributed by atoms with Crippen LogP contribution in [0.5, 0.6) is 0 Å². The van der Waals surface area contributed by atoms with Crippen LogP contribution in [0.25, 0.3) is 5.69 Å². The Hall–Kier alpha value is -2.17. The van der Waals surface area contributed by atoms with E-state index in [1.54, 1.807) is 18.5 Å². The average molecular weight is 202 g/mol. The number of carbonyl (C=O) groups is 1. The molecule has 5 nitrogen and oxygen atoms in total. The summed E-state index contributed by atoms with van der Waals surface area (Å²) in [7, 11) is 0. The van der Waals surface area contributed by atoms with Crippen molar-refractivity contribution in [3.63, 3.8) is 0 Å². The molecule has 5 heteroatoms. The van der Waals surface area contributed by atoms with Gasteiger partial charge in [-0.25, -0.2) is 4.68 Å². The van der Waals surface area contributed by atoms with Gasteiger partial charge in [0.15, 0.2) is 0 Å². The lowest BCUT2D eigenvalue weighted by molar-refractivity contribution is 0.1000. The molecule has 2 aromatic rings. The van der Waals surface area contributed by atoms with Crippen LogP contribution in [0, 0.1) is 6.92 Å².